The van der Waals surface area contributed by atoms with Crippen LogP contribution in [-0.4, -0.2) is 33.3 Å². The van der Waals surface area contributed by atoms with E-state index < -0.39 is 0 Å². The van der Waals surface area contributed by atoms with Gasteiger partial charge in [0.25, 0.3) is 0 Å². The van der Waals surface area contributed by atoms with Gasteiger partial charge in [0.05, 0.1) is 16.4 Å². The summed E-state index contributed by atoms with van der Waals surface area (Å²) in [7, 11) is 0. The maximum absolute atomic E-state index is 4.73. The number of thiazole rings is 1. The summed E-state index contributed by atoms with van der Waals surface area (Å²) in [5.74, 6) is 1.38. The molecule has 1 saturated heterocycles. The molecule has 0 bridgehead atoms. The maximum atomic E-state index is 4.73. The van der Waals surface area contributed by atoms with Crippen LogP contribution >= 0.6 is 11.3 Å². The molecule has 22 heavy (non-hydrogen) atoms. The molecule has 2 aromatic heterocycles. The number of nitrogens with zero attached hydrogens (tertiary/aromatic N) is 5. The largest absolute Gasteiger partial charge is 0.339 e. The highest BCUT2D eigenvalue weighted by Gasteiger charge is 2.24. The lowest BCUT2D eigenvalue weighted by Crippen LogP contribution is -2.34. The van der Waals surface area contributed by atoms with Gasteiger partial charge < -0.3 is 4.90 Å². The Balaban J connectivity index is 1.68. The Morgan fingerprint density at radius 3 is 2.41 bits per heavy atom. The molecule has 5 nitrogen and oxygen atoms in total. The Morgan fingerprint density at radius 2 is 1.82 bits per heavy atom. The summed E-state index contributed by atoms with van der Waals surface area (Å²) in [5.41, 5.74) is 3.25. The van der Waals surface area contributed by atoms with Crippen LogP contribution in [0.5, 0.6) is 0 Å². The van der Waals surface area contributed by atoms with Gasteiger partial charge in [-0.1, -0.05) is 13.8 Å². The molecule has 1 aliphatic rings. The first kappa shape index (κ1) is 15.3. The zero-order valence-electron chi connectivity index (χ0n) is 13.5. The second-order valence-corrected chi connectivity index (χ2v) is 6.69. The predicted octanol–water partition coefficient (Wildman–Crippen LogP) is 3.15. The molecule has 0 saturated carbocycles. The van der Waals surface area contributed by atoms with Crippen molar-refractivity contribution < 1.29 is 0 Å². The third kappa shape index (κ3) is 3.11. The highest BCUT2D eigenvalue weighted by Crippen LogP contribution is 2.31. The van der Waals surface area contributed by atoms with Gasteiger partial charge in [-0.15, -0.1) is 16.4 Å². The first-order valence-electron chi connectivity index (χ1n) is 8.10. The lowest BCUT2D eigenvalue weighted by molar-refractivity contribution is 0.494. The summed E-state index contributed by atoms with van der Waals surface area (Å²) >= 11 is 1.79. The van der Waals surface area contributed by atoms with Crippen molar-refractivity contribution in [2.75, 3.05) is 18.0 Å². The standard InChI is InChI=1S/C16H23N5S/c1-4-13-14(5-2)19-20-16(18-13)21-8-6-12(7-9-21)15-17-11(3)10-22-15/h10,12H,4-9H2,1-3H3. The Labute approximate surface area is 135 Å². The molecule has 0 aromatic carbocycles. The van der Waals surface area contributed by atoms with Crippen molar-refractivity contribution in [1.29, 1.82) is 0 Å². The third-order valence-electron chi connectivity index (χ3n) is 4.26. The monoisotopic (exact) mass is 317 g/mol. The molecule has 1 fully saturated rings. The quantitative estimate of drug-likeness (QED) is 0.867. The average Bonchev–Trinajstić information content (AvgIpc) is 3.01. The lowest BCUT2D eigenvalue weighted by Gasteiger charge is -2.31. The first-order valence-corrected chi connectivity index (χ1v) is 8.98. The van der Waals surface area contributed by atoms with Crippen molar-refractivity contribution in [1.82, 2.24) is 20.2 Å². The van der Waals surface area contributed by atoms with Gasteiger partial charge in [0.1, 0.15) is 0 Å². The van der Waals surface area contributed by atoms with Crippen molar-refractivity contribution in [2.24, 2.45) is 0 Å². The number of aromatic nitrogens is 4. The number of aryl methyl sites for hydroxylation is 3. The van der Waals surface area contributed by atoms with E-state index in [9.17, 15) is 0 Å². The van der Waals surface area contributed by atoms with E-state index in [-0.39, 0.29) is 0 Å². The molecule has 6 heteroatoms. The Bertz CT molecular complexity index is 631. The van der Waals surface area contributed by atoms with Crippen LogP contribution in [0.1, 0.15) is 54.7 Å². The minimum Gasteiger partial charge on any atom is -0.339 e. The third-order valence-corrected chi connectivity index (χ3v) is 5.39. The van der Waals surface area contributed by atoms with Crippen LogP contribution in [0.2, 0.25) is 0 Å². The van der Waals surface area contributed by atoms with Crippen molar-refractivity contribution in [3.63, 3.8) is 0 Å². The van der Waals surface area contributed by atoms with Gasteiger partial charge in [0.15, 0.2) is 0 Å². The normalized spacial score (nSPS) is 16.2. The number of hydrogen-bond donors (Lipinski definition) is 0. The van der Waals surface area contributed by atoms with E-state index in [4.69, 9.17) is 4.98 Å². The van der Waals surface area contributed by atoms with E-state index in [0.29, 0.717) is 5.92 Å². The van der Waals surface area contributed by atoms with Crippen LogP contribution in [0.15, 0.2) is 5.38 Å². The van der Waals surface area contributed by atoms with Gasteiger partial charge in [-0.2, -0.15) is 5.10 Å². The van der Waals surface area contributed by atoms with E-state index >= 15 is 0 Å². The molecule has 0 aliphatic carbocycles. The zero-order valence-corrected chi connectivity index (χ0v) is 14.4. The molecule has 1 aliphatic heterocycles. The summed E-state index contributed by atoms with van der Waals surface area (Å²) in [6, 6.07) is 0. The van der Waals surface area contributed by atoms with E-state index in [2.05, 4.69) is 46.2 Å². The molecule has 118 valence electrons. The molecule has 2 aromatic rings. The lowest BCUT2D eigenvalue weighted by atomic mass is 9.98. The van der Waals surface area contributed by atoms with Crippen LogP contribution < -0.4 is 4.90 Å². The second-order valence-electron chi connectivity index (χ2n) is 5.80. The zero-order chi connectivity index (χ0) is 15.5. The van der Waals surface area contributed by atoms with Gasteiger partial charge in [-0.3, -0.25) is 0 Å². The van der Waals surface area contributed by atoms with Crippen LogP contribution in [0.4, 0.5) is 5.95 Å². The fraction of sp³-hybridized carbons (Fsp3) is 0.625. The molecule has 0 spiro atoms. The minimum atomic E-state index is 0.587. The highest BCUT2D eigenvalue weighted by atomic mass is 32.1. The summed E-state index contributed by atoms with van der Waals surface area (Å²) in [4.78, 5) is 11.6. The van der Waals surface area contributed by atoms with Crippen LogP contribution in [0.25, 0.3) is 0 Å². The van der Waals surface area contributed by atoms with Crippen molar-refractivity contribution in [3.05, 3.63) is 27.5 Å². The van der Waals surface area contributed by atoms with Crippen molar-refractivity contribution in [3.8, 4) is 0 Å². The molecular weight excluding hydrogens is 294 g/mol. The number of hydrogen-bond acceptors (Lipinski definition) is 6. The Hall–Kier alpha value is -1.56. The number of rotatable bonds is 4. The van der Waals surface area contributed by atoms with Crippen LogP contribution in [-0.2, 0) is 12.8 Å². The van der Waals surface area contributed by atoms with Gasteiger partial charge >= 0.3 is 0 Å². The van der Waals surface area contributed by atoms with Gasteiger partial charge in [0.2, 0.25) is 5.95 Å². The fourth-order valence-corrected chi connectivity index (χ4v) is 3.92. The van der Waals surface area contributed by atoms with Crippen LogP contribution in [0.3, 0.4) is 0 Å². The van der Waals surface area contributed by atoms with E-state index in [0.717, 1.165) is 61.8 Å². The molecule has 0 N–H and O–H groups in total. The molecule has 0 amide bonds. The number of piperidine rings is 1. The molecule has 0 radical (unpaired) electrons. The van der Waals surface area contributed by atoms with Gasteiger partial charge in [-0.05, 0) is 32.6 Å². The second kappa shape index (κ2) is 6.69. The van der Waals surface area contributed by atoms with Crippen molar-refractivity contribution >= 4 is 17.3 Å². The van der Waals surface area contributed by atoms with Crippen LogP contribution in [0, 0.1) is 6.92 Å². The highest BCUT2D eigenvalue weighted by molar-refractivity contribution is 7.09. The Morgan fingerprint density at radius 1 is 1.09 bits per heavy atom. The van der Waals surface area contributed by atoms with Gasteiger partial charge in [0, 0.05) is 30.1 Å². The summed E-state index contributed by atoms with van der Waals surface area (Å²) in [5, 5.41) is 12.1. The predicted molar refractivity (Wildman–Crippen MR) is 89.6 cm³/mol. The topological polar surface area (TPSA) is 54.8 Å². The SMILES string of the molecule is CCc1nnc(N2CCC(c3nc(C)cs3)CC2)nc1CC. The van der Waals surface area contributed by atoms with E-state index in [1.165, 1.54) is 5.01 Å². The number of anilines is 1. The molecular formula is C16H23N5S. The summed E-state index contributed by atoms with van der Waals surface area (Å²) < 4.78 is 0. The van der Waals surface area contributed by atoms with E-state index in [1.807, 2.05) is 0 Å². The first-order chi connectivity index (χ1) is 10.7. The summed E-state index contributed by atoms with van der Waals surface area (Å²) in [6.07, 6.45) is 4.05. The molecule has 0 unspecified atom stereocenters. The molecule has 0 atom stereocenters. The fourth-order valence-electron chi connectivity index (χ4n) is 2.95. The minimum absolute atomic E-state index is 0.587. The maximum Gasteiger partial charge on any atom is 0.245 e. The molecule has 3 rings (SSSR count). The Kier molecular flexibility index (Phi) is 4.66. The van der Waals surface area contributed by atoms with Crippen molar-refractivity contribution in [2.45, 2.75) is 52.4 Å². The smallest absolute Gasteiger partial charge is 0.245 e. The van der Waals surface area contributed by atoms with Gasteiger partial charge in [-0.25, -0.2) is 9.97 Å². The van der Waals surface area contributed by atoms with E-state index in [1.54, 1.807) is 11.3 Å². The molecule has 3 heterocycles. The average molecular weight is 317 g/mol. The summed E-state index contributed by atoms with van der Waals surface area (Å²) in [6.45, 7) is 8.27.